The van der Waals surface area contributed by atoms with Crippen molar-refractivity contribution in [3.8, 4) is 0 Å². The van der Waals surface area contributed by atoms with Crippen LogP contribution >= 0.6 is 0 Å². The summed E-state index contributed by atoms with van der Waals surface area (Å²) in [5, 5.41) is 7.48. The largest absolute Gasteiger partial charge is 0.416 e. The van der Waals surface area contributed by atoms with Gasteiger partial charge in [-0.25, -0.2) is 9.50 Å². The third-order valence-electron chi connectivity index (χ3n) is 5.27. The minimum Gasteiger partial charge on any atom is -0.399 e. The van der Waals surface area contributed by atoms with Crippen LogP contribution in [-0.2, 0) is 6.18 Å². The van der Waals surface area contributed by atoms with E-state index < -0.39 is 17.8 Å². The summed E-state index contributed by atoms with van der Waals surface area (Å²) in [5.74, 6) is 0.562. The number of nitrogens with two attached hydrogens (primary N) is 1. The molecule has 3 heterocycles. The van der Waals surface area contributed by atoms with E-state index in [9.17, 15) is 13.2 Å². The van der Waals surface area contributed by atoms with Crippen LogP contribution in [0.2, 0.25) is 0 Å². The molecule has 1 fully saturated rings. The number of anilines is 3. The minimum atomic E-state index is -4.45. The van der Waals surface area contributed by atoms with Crippen molar-refractivity contribution in [2.24, 2.45) is 0 Å². The number of alkyl halides is 3. The molecule has 1 aliphatic heterocycles. The number of hydrogen-bond donors (Lipinski definition) is 2. The van der Waals surface area contributed by atoms with Gasteiger partial charge in [0, 0.05) is 18.8 Å². The van der Waals surface area contributed by atoms with Crippen molar-refractivity contribution in [3.05, 3.63) is 47.9 Å². The van der Waals surface area contributed by atoms with Crippen molar-refractivity contribution >= 4 is 22.7 Å². The lowest BCUT2D eigenvalue weighted by Gasteiger charge is -2.27. The molecule has 1 aliphatic rings. The summed E-state index contributed by atoms with van der Waals surface area (Å²) in [7, 11) is 0. The standard InChI is InChI=1S/C20H23F3N6/c1-13(14-7-15(20(21,22)23)9-16(24)8-14)27-19-18-10-17(11-29(18)26-12-25-19)28-5-3-2-4-6-28/h7-13H,2-6,24H2,1H3,(H,25,26,27)/t13-/m1/s1. The topological polar surface area (TPSA) is 71.5 Å². The number of nitrogens with zero attached hydrogens (tertiary/aromatic N) is 4. The summed E-state index contributed by atoms with van der Waals surface area (Å²) in [4.78, 5) is 6.63. The molecule has 0 amide bonds. The molecule has 0 spiro atoms. The maximum Gasteiger partial charge on any atom is 0.416 e. The van der Waals surface area contributed by atoms with Gasteiger partial charge >= 0.3 is 6.18 Å². The van der Waals surface area contributed by atoms with Crippen LogP contribution in [-0.4, -0.2) is 27.7 Å². The first-order valence-electron chi connectivity index (χ1n) is 9.64. The molecule has 0 bridgehead atoms. The molecule has 1 atom stereocenters. The second-order valence-corrected chi connectivity index (χ2v) is 7.44. The van der Waals surface area contributed by atoms with Gasteiger partial charge in [0.1, 0.15) is 11.8 Å². The van der Waals surface area contributed by atoms with Gasteiger partial charge in [-0.3, -0.25) is 0 Å². The molecular formula is C20H23F3N6. The van der Waals surface area contributed by atoms with Gasteiger partial charge in [0.25, 0.3) is 0 Å². The van der Waals surface area contributed by atoms with E-state index in [1.165, 1.54) is 12.7 Å². The molecule has 1 aromatic carbocycles. The maximum absolute atomic E-state index is 13.1. The highest BCUT2D eigenvalue weighted by atomic mass is 19.4. The number of piperidine rings is 1. The normalized spacial score (nSPS) is 16.2. The van der Waals surface area contributed by atoms with E-state index in [1.807, 2.05) is 12.3 Å². The summed E-state index contributed by atoms with van der Waals surface area (Å²) >= 11 is 0. The molecule has 6 nitrogen and oxygen atoms in total. The first-order valence-corrected chi connectivity index (χ1v) is 9.64. The molecule has 0 radical (unpaired) electrons. The number of hydrogen-bond acceptors (Lipinski definition) is 5. The van der Waals surface area contributed by atoms with Crippen molar-refractivity contribution in [2.75, 3.05) is 29.0 Å². The minimum absolute atomic E-state index is 0.0754. The Labute approximate surface area is 166 Å². The Morgan fingerprint density at radius 1 is 1.10 bits per heavy atom. The average molecular weight is 404 g/mol. The van der Waals surface area contributed by atoms with Gasteiger partial charge in [-0.05, 0) is 56.0 Å². The summed E-state index contributed by atoms with van der Waals surface area (Å²) < 4.78 is 41.1. The first-order chi connectivity index (χ1) is 13.8. The van der Waals surface area contributed by atoms with Crippen LogP contribution in [0.4, 0.5) is 30.4 Å². The van der Waals surface area contributed by atoms with Crippen molar-refractivity contribution < 1.29 is 13.2 Å². The molecular weight excluding hydrogens is 381 g/mol. The number of aromatic nitrogens is 3. The Morgan fingerprint density at radius 2 is 1.86 bits per heavy atom. The van der Waals surface area contributed by atoms with E-state index in [2.05, 4.69) is 20.3 Å². The zero-order valence-corrected chi connectivity index (χ0v) is 16.1. The third kappa shape index (κ3) is 4.08. The van der Waals surface area contributed by atoms with Gasteiger partial charge in [0.15, 0.2) is 5.82 Å². The maximum atomic E-state index is 13.1. The molecule has 3 N–H and O–H groups in total. The van der Waals surface area contributed by atoms with Gasteiger partial charge in [0.05, 0.1) is 23.5 Å². The Hall–Kier alpha value is -2.97. The van der Waals surface area contributed by atoms with Crippen LogP contribution < -0.4 is 16.0 Å². The molecule has 0 unspecified atom stereocenters. The predicted octanol–water partition coefficient (Wildman–Crippen LogP) is 4.49. The fourth-order valence-electron chi connectivity index (χ4n) is 3.73. The molecule has 154 valence electrons. The smallest absolute Gasteiger partial charge is 0.399 e. The fourth-order valence-corrected chi connectivity index (χ4v) is 3.73. The van der Waals surface area contributed by atoms with E-state index in [4.69, 9.17) is 5.73 Å². The van der Waals surface area contributed by atoms with E-state index in [1.54, 1.807) is 17.5 Å². The van der Waals surface area contributed by atoms with Gasteiger partial charge in [-0.2, -0.15) is 18.3 Å². The van der Waals surface area contributed by atoms with Crippen LogP contribution in [0.3, 0.4) is 0 Å². The zero-order chi connectivity index (χ0) is 20.6. The van der Waals surface area contributed by atoms with Crippen molar-refractivity contribution in [1.82, 2.24) is 14.6 Å². The predicted molar refractivity (Wildman–Crippen MR) is 107 cm³/mol. The van der Waals surface area contributed by atoms with E-state index >= 15 is 0 Å². The van der Waals surface area contributed by atoms with Gasteiger partial charge in [-0.15, -0.1) is 0 Å². The quantitative estimate of drug-likeness (QED) is 0.627. The second-order valence-electron chi connectivity index (χ2n) is 7.44. The van der Waals surface area contributed by atoms with Crippen LogP contribution in [0.25, 0.3) is 5.52 Å². The van der Waals surface area contributed by atoms with Crippen LogP contribution in [0.5, 0.6) is 0 Å². The van der Waals surface area contributed by atoms with Gasteiger partial charge in [0.2, 0.25) is 0 Å². The van der Waals surface area contributed by atoms with Gasteiger partial charge in [-0.1, -0.05) is 0 Å². The molecule has 0 aliphatic carbocycles. The summed E-state index contributed by atoms with van der Waals surface area (Å²) in [6.45, 7) is 3.79. The van der Waals surface area contributed by atoms with Crippen LogP contribution in [0.15, 0.2) is 36.8 Å². The molecule has 2 aromatic heterocycles. The highest BCUT2D eigenvalue weighted by Crippen LogP contribution is 2.34. The highest BCUT2D eigenvalue weighted by Gasteiger charge is 2.31. The monoisotopic (exact) mass is 404 g/mol. The number of nitrogen functional groups attached to an aromatic ring is 1. The fraction of sp³-hybridized carbons (Fsp3) is 0.400. The first kappa shape index (κ1) is 19.4. The average Bonchev–Trinajstić information content (AvgIpc) is 3.13. The van der Waals surface area contributed by atoms with Crippen molar-refractivity contribution in [2.45, 2.75) is 38.4 Å². The Balaban J connectivity index is 1.62. The zero-order valence-electron chi connectivity index (χ0n) is 16.1. The Kier molecular flexibility index (Phi) is 4.97. The van der Waals surface area contributed by atoms with Crippen molar-refractivity contribution in [3.63, 3.8) is 0 Å². The van der Waals surface area contributed by atoms with E-state index in [0.717, 1.165) is 49.3 Å². The molecule has 1 saturated heterocycles. The third-order valence-corrected chi connectivity index (χ3v) is 5.27. The van der Waals surface area contributed by atoms with E-state index in [-0.39, 0.29) is 5.69 Å². The number of benzene rings is 1. The Bertz CT molecular complexity index is 1010. The molecule has 0 saturated carbocycles. The lowest BCUT2D eigenvalue weighted by molar-refractivity contribution is -0.137. The summed E-state index contributed by atoms with van der Waals surface area (Å²) in [6, 6.07) is 5.19. The van der Waals surface area contributed by atoms with Gasteiger partial charge < -0.3 is 16.0 Å². The second kappa shape index (κ2) is 7.46. The summed E-state index contributed by atoms with van der Waals surface area (Å²) in [5.41, 5.74) is 7.31. The molecule has 4 rings (SSSR count). The lowest BCUT2D eigenvalue weighted by atomic mass is 10.0. The Morgan fingerprint density at radius 3 is 2.59 bits per heavy atom. The molecule has 9 heteroatoms. The number of nitrogens with one attached hydrogen (secondary N) is 1. The molecule has 3 aromatic rings. The molecule has 29 heavy (non-hydrogen) atoms. The van der Waals surface area contributed by atoms with Crippen LogP contribution in [0, 0.1) is 0 Å². The highest BCUT2D eigenvalue weighted by molar-refractivity contribution is 5.73. The lowest BCUT2D eigenvalue weighted by Crippen LogP contribution is -2.28. The summed E-state index contributed by atoms with van der Waals surface area (Å²) in [6.07, 6.45) is 2.52. The van der Waals surface area contributed by atoms with Crippen LogP contribution in [0.1, 0.15) is 43.4 Å². The van der Waals surface area contributed by atoms with Crippen molar-refractivity contribution in [1.29, 1.82) is 0 Å². The number of fused-ring (bicyclic) bond motifs is 1. The SMILES string of the molecule is C[C@@H](Nc1ncnn2cc(N3CCCCC3)cc12)c1cc(N)cc(C(F)(F)F)c1. The van der Waals surface area contributed by atoms with E-state index in [0.29, 0.717) is 11.4 Å². The number of halogens is 3. The number of rotatable bonds is 4.